The molecule has 4 fully saturated rings. The highest BCUT2D eigenvalue weighted by Crippen LogP contribution is 2.71. The van der Waals surface area contributed by atoms with Gasteiger partial charge in [0.15, 0.2) is 0 Å². The van der Waals surface area contributed by atoms with Gasteiger partial charge in [0.25, 0.3) is 0 Å². The van der Waals surface area contributed by atoms with Crippen LogP contribution in [-0.4, -0.2) is 35.1 Å². The Bertz CT molecular complexity index is 816. The average molecular weight is 442 g/mol. The van der Waals surface area contributed by atoms with E-state index in [9.17, 15) is 10.2 Å². The normalized spacial score (nSPS) is 48.0. The fourth-order valence-corrected chi connectivity index (χ4v) is 8.87. The Kier molecular flexibility index (Phi) is 5.76. The summed E-state index contributed by atoms with van der Waals surface area (Å²) in [5, 5.41) is 24.4. The smallest absolute Gasteiger partial charge is 0.0978 e. The van der Waals surface area contributed by atoms with E-state index < -0.39 is 16.6 Å². The number of benzene rings is 1. The Morgan fingerprint density at radius 2 is 1.72 bits per heavy atom. The average Bonchev–Trinajstić information content (AvgIpc) is 3.02. The second-order valence-corrected chi connectivity index (χ2v) is 11.9. The quantitative estimate of drug-likeness (QED) is 0.576. The third-order valence-electron chi connectivity index (χ3n) is 10.9. The highest BCUT2D eigenvalue weighted by atomic mass is 16.5. The Morgan fingerprint density at radius 1 is 0.938 bits per heavy atom. The van der Waals surface area contributed by atoms with Crippen molar-refractivity contribution in [3.63, 3.8) is 0 Å². The maximum absolute atomic E-state index is 12.4. The van der Waals surface area contributed by atoms with Gasteiger partial charge in [-0.3, -0.25) is 0 Å². The lowest BCUT2D eigenvalue weighted by Gasteiger charge is -2.64. The van der Waals surface area contributed by atoms with E-state index in [2.05, 4.69) is 13.8 Å². The summed E-state index contributed by atoms with van der Waals surface area (Å²) in [6, 6.07) is 10.1. The molecule has 4 aliphatic carbocycles. The minimum absolute atomic E-state index is 0.279. The van der Waals surface area contributed by atoms with Gasteiger partial charge in [-0.1, -0.05) is 44.2 Å². The van der Waals surface area contributed by atoms with Crippen molar-refractivity contribution in [2.75, 3.05) is 13.2 Å². The van der Waals surface area contributed by atoms with Crippen LogP contribution < -0.4 is 5.73 Å². The van der Waals surface area contributed by atoms with Crippen LogP contribution in [0.5, 0.6) is 0 Å². The Balaban J connectivity index is 1.39. The number of nitrogens with two attached hydrogens (primary N) is 1. The lowest BCUT2D eigenvalue weighted by molar-refractivity contribution is -0.239. The fraction of sp³-hybridized carbons (Fsp3) is 0.786. The van der Waals surface area contributed by atoms with Gasteiger partial charge >= 0.3 is 0 Å². The van der Waals surface area contributed by atoms with E-state index in [1.165, 1.54) is 12.8 Å². The van der Waals surface area contributed by atoms with Crippen molar-refractivity contribution in [2.45, 2.75) is 95.4 Å². The van der Waals surface area contributed by atoms with Crippen molar-refractivity contribution < 1.29 is 14.9 Å². The van der Waals surface area contributed by atoms with Crippen molar-refractivity contribution in [1.29, 1.82) is 0 Å². The zero-order valence-corrected chi connectivity index (χ0v) is 20.1. The molecule has 0 spiro atoms. The summed E-state index contributed by atoms with van der Waals surface area (Å²) >= 11 is 0. The molecular weight excluding hydrogens is 398 g/mol. The standard InChI is InChI=1S/C28H43NO3/c1-25-13-11-22(32-18-6-17-29)19-21(25)9-10-24-23(25)12-14-26(2)27(30,15-16-28(24,26)31)20-7-4-3-5-8-20/h3-5,7-8,21-24,30-31H,6,9-19,29H2,1-2H3/t21?,22?,23-,24-,25+,26-,27?,28-/m1/s1. The summed E-state index contributed by atoms with van der Waals surface area (Å²) < 4.78 is 6.17. The highest BCUT2D eigenvalue weighted by molar-refractivity contribution is 5.32. The molecule has 0 heterocycles. The summed E-state index contributed by atoms with van der Waals surface area (Å²) in [7, 11) is 0. The van der Waals surface area contributed by atoms with Gasteiger partial charge in [-0.05, 0) is 99.5 Å². The molecule has 0 aliphatic heterocycles. The molecule has 4 nitrogen and oxygen atoms in total. The van der Waals surface area contributed by atoms with Crippen LogP contribution in [0, 0.1) is 28.6 Å². The summed E-state index contributed by atoms with van der Waals surface area (Å²) in [6.45, 7) is 6.17. The van der Waals surface area contributed by atoms with Gasteiger partial charge in [-0.15, -0.1) is 0 Å². The summed E-state index contributed by atoms with van der Waals surface area (Å²) in [6.07, 6.45) is 10.4. The molecule has 3 unspecified atom stereocenters. The number of hydrogen-bond acceptors (Lipinski definition) is 4. The van der Waals surface area contributed by atoms with Gasteiger partial charge in [0, 0.05) is 12.0 Å². The second kappa shape index (κ2) is 8.08. The Hall–Kier alpha value is -0.940. The van der Waals surface area contributed by atoms with Crippen LogP contribution in [0.2, 0.25) is 0 Å². The van der Waals surface area contributed by atoms with E-state index in [-0.39, 0.29) is 11.3 Å². The first kappa shape index (κ1) is 22.8. The SMILES string of the molecule is C[C@]12CCC(OCCCN)CC1CC[C@@H]1[C@H]2CC[C@]2(C)C(O)(c3ccccc3)CC[C@@]12O. The largest absolute Gasteiger partial charge is 0.389 e. The molecule has 5 rings (SSSR count). The second-order valence-electron chi connectivity index (χ2n) is 11.9. The number of aliphatic hydroxyl groups is 2. The molecule has 4 aliphatic rings. The van der Waals surface area contributed by atoms with E-state index in [1.54, 1.807) is 0 Å². The molecule has 0 aromatic heterocycles. The van der Waals surface area contributed by atoms with Gasteiger partial charge in [-0.25, -0.2) is 0 Å². The molecule has 0 saturated heterocycles. The molecule has 32 heavy (non-hydrogen) atoms. The zero-order chi connectivity index (χ0) is 22.6. The van der Waals surface area contributed by atoms with Crippen molar-refractivity contribution in [1.82, 2.24) is 0 Å². The van der Waals surface area contributed by atoms with Gasteiger partial charge < -0.3 is 20.7 Å². The lowest BCUT2D eigenvalue weighted by Crippen LogP contribution is -2.64. The highest BCUT2D eigenvalue weighted by Gasteiger charge is 2.71. The molecular formula is C28H43NO3. The topological polar surface area (TPSA) is 75.7 Å². The van der Waals surface area contributed by atoms with E-state index >= 15 is 0 Å². The van der Waals surface area contributed by atoms with Gasteiger partial charge in [0.1, 0.15) is 0 Å². The minimum Gasteiger partial charge on any atom is -0.389 e. The van der Waals surface area contributed by atoms with Crippen LogP contribution in [0.3, 0.4) is 0 Å². The first-order valence-corrected chi connectivity index (χ1v) is 13.1. The van der Waals surface area contributed by atoms with Crippen molar-refractivity contribution in [2.24, 2.45) is 34.3 Å². The van der Waals surface area contributed by atoms with Crippen molar-refractivity contribution in [3.8, 4) is 0 Å². The molecule has 4 saturated carbocycles. The van der Waals surface area contributed by atoms with Crippen LogP contribution >= 0.6 is 0 Å². The molecule has 178 valence electrons. The first-order valence-electron chi connectivity index (χ1n) is 13.1. The third kappa shape index (κ3) is 3.09. The van der Waals surface area contributed by atoms with Crippen LogP contribution in [0.15, 0.2) is 30.3 Å². The lowest BCUT2D eigenvalue weighted by atomic mass is 9.43. The molecule has 8 atom stereocenters. The molecule has 0 bridgehead atoms. The predicted octanol–water partition coefficient (Wildman–Crippen LogP) is 4.77. The maximum atomic E-state index is 12.4. The van der Waals surface area contributed by atoms with E-state index in [4.69, 9.17) is 10.5 Å². The molecule has 1 aromatic carbocycles. The summed E-state index contributed by atoms with van der Waals surface area (Å²) in [5.41, 5.74) is 4.68. The first-order chi connectivity index (χ1) is 15.3. The Morgan fingerprint density at radius 3 is 2.47 bits per heavy atom. The van der Waals surface area contributed by atoms with Gasteiger partial charge in [0.05, 0.1) is 17.3 Å². The zero-order valence-electron chi connectivity index (χ0n) is 20.1. The Labute approximate surface area is 193 Å². The monoisotopic (exact) mass is 441 g/mol. The van der Waals surface area contributed by atoms with Crippen molar-refractivity contribution in [3.05, 3.63) is 35.9 Å². The number of rotatable bonds is 5. The number of hydrogen-bond donors (Lipinski definition) is 3. The molecule has 1 aromatic rings. The third-order valence-corrected chi connectivity index (χ3v) is 10.9. The van der Waals surface area contributed by atoms with Gasteiger partial charge in [0.2, 0.25) is 0 Å². The molecule has 4 heteroatoms. The van der Waals surface area contributed by atoms with Crippen LogP contribution in [0.25, 0.3) is 0 Å². The van der Waals surface area contributed by atoms with Crippen molar-refractivity contribution >= 4 is 0 Å². The van der Waals surface area contributed by atoms with Crippen LogP contribution in [0.1, 0.15) is 83.6 Å². The summed E-state index contributed by atoms with van der Waals surface area (Å²) in [4.78, 5) is 0. The van der Waals surface area contributed by atoms with E-state index in [0.717, 1.165) is 50.7 Å². The molecule has 0 amide bonds. The van der Waals surface area contributed by atoms with Crippen LogP contribution in [0.4, 0.5) is 0 Å². The van der Waals surface area contributed by atoms with E-state index in [0.29, 0.717) is 37.3 Å². The van der Waals surface area contributed by atoms with E-state index in [1.807, 2.05) is 30.3 Å². The maximum Gasteiger partial charge on any atom is 0.0978 e. The molecule has 4 N–H and O–H groups in total. The van der Waals surface area contributed by atoms with Gasteiger partial charge in [-0.2, -0.15) is 0 Å². The minimum atomic E-state index is -0.944. The molecule has 0 radical (unpaired) electrons. The fourth-order valence-electron chi connectivity index (χ4n) is 8.87. The number of fused-ring (bicyclic) bond motifs is 5. The number of ether oxygens (including phenoxy) is 1. The predicted molar refractivity (Wildman–Crippen MR) is 127 cm³/mol. The van der Waals surface area contributed by atoms with Crippen LogP contribution in [-0.2, 0) is 10.3 Å². The summed E-state index contributed by atoms with van der Waals surface area (Å²) in [5.74, 6) is 1.51.